The molecular weight excluding hydrogens is 374 g/mol. The molecule has 30 heavy (non-hydrogen) atoms. The zero-order valence-corrected chi connectivity index (χ0v) is 18.2. The van der Waals surface area contributed by atoms with Crippen LogP contribution < -0.4 is 15.5 Å². The summed E-state index contributed by atoms with van der Waals surface area (Å²) >= 11 is 0. The van der Waals surface area contributed by atoms with Crippen LogP contribution in [0.1, 0.15) is 56.2 Å². The number of nitrogens with zero attached hydrogens (tertiary/aromatic N) is 2. The minimum atomic E-state index is 0.245. The molecule has 0 bridgehead atoms. The molecule has 0 aromatic heterocycles. The van der Waals surface area contributed by atoms with Crippen LogP contribution in [0.15, 0.2) is 42.5 Å². The normalized spacial score (nSPS) is 15.3. The molecule has 2 aliphatic heterocycles. The van der Waals surface area contributed by atoms with Gasteiger partial charge >= 0.3 is 0 Å². The third-order valence-electron chi connectivity index (χ3n) is 5.67. The zero-order valence-electron chi connectivity index (χ0n) is 18.2. The molecule has 5 heteroatoms. The SMILES string of the molecule is CCCN1C(=O)CCc2cc(CN)ccc21.CCCN1C(=O)CCc2ccccc21. The average molecular weight is 408 g/mol. The molecule has 0 unspecified atom stereocenters. The molecule has 2 amide bonds. The molecule has 2 aromatic rings. The smallest absolute Gasteiger partial charge is 0.227 e. The van der Waals surface area contributed by atoms with Crippen LogP contribution in [0.5, 0.6) is 0 Å². The molecule has 0 saturated carbocycles. The van der Waals surface area contributed by atoms with E-state index in [2.05, 4.69) is 26.0 Å². The summed E-state index contributed by atoms with van der Waals surface area (Å²) in [7, 11) is 0. The van der Waals surface area contributed by atoms with Crippen molar-refractivity contribution in [1.29, 1.82) is 0 Å². The van der Waals surface area contributed by atoms with Crippen molar-refractivity contribution < 1.29 is 9.59 Å². The molecule has 0 saturated heterocycles. The molecular formula is C25H33N3O2. The van der Waals surface area contributed by atoms with Crippen LogP contribution >= 0.6 is 0 Å². The predicted molar refractivity (Wildman–Crippen MR) is 123 cm³/mol. The molecule has 0 fully saturated rings. The van der Waals surface area contributed by atoms with Crippen LogP contribution in [0, 0.1) is 0 Å². The Morgan fingerprint density at radius 3 is 1.93 bits per heavy atom. The number of aryl methyl sites for hydroxylation is 2. The van der Waals surface area contributed by atoms with Crippen molar-refractivity contribution in [3.63, 3.8) is 0 Å². The van der Waals surface area contributed by atoms with Gasteiger partial charge in [-0.05, 0) is 54.5 Å². The lowest BCUT2D eigenvalue weighted by molar-refractivity contribution is -0.119. The van der Waals surface area contributed by atoms with Crippen LogP contribution in [0.2, 0.25) is 0 Å². The van der Waals surface area contributed by atoms with Crippen molar-refractivity contribution in [2.75, 3.05) is 22.9 Å². The van der Waals surface area contributed by atoms with E-state index in [0.717, 1.165) is 55.7 Å². The molecule has 0 radical (unpaired) electrons. The van der Waals surface area contributed by atoms with E-state index in [1.165, 1.54) is 11.1 Å². The lowest BCUT2D eigenvalue weighted by atomic mass is 9.98. The number of benzene rings is 2. The van der Waals surface area contributed by atoms with Gasteiger partial charge in [0.25, 0.3) is 0 Å². The lowest BCUT2D eigenvalue weighted by Crippen LogP contribution is -2.35. The third-order valence-corrected chi connectivity index (χ3v) is 5.67. The first-order valence-corrected chi connectivity index (χ1v) is 11.1. The van der Waals surface area contributed by atoms with Gasteiger partial charge in [0.15, 0.2) is 0 Å². The Balaban J connectivity index is 0.000000172. The highest BCUT2D eigenvalue weighted by Gasteiger charge is 2.23. The predicted octanol–water partition coefficient (Wildman–Crippen LogP) is 4.21. The quantitative estimate of drug-likeness (QED) is 0.807. The van der Waals surface area contributed by atoms with Crippen molar-refractivity contribution in [2.24, 2.45) is 5.73 Å². The van der Waals surface area contributed by atoms with E-state index in [-0.39, 0.29) is 11.8 Å². The van der Waals surface area contributed by atoms with Crippen LogP contribution in [0.25, 0.3) is 0 Å². The van der Waals surface area contributed by atoms with Gasteiger partial charge in [0.05, 0.1) is 0 Å². The highest BCUT2D eigenvalue weighted by Crippen LogP contribution is 2.29. The van der Waals surface area contributed by atoms with Gasteiger partial charge < -0.3 is 15.5 Å². The first-order valence-electron chi connectivity index (χ1n) is 11.1. The van der Waals surface area contributed by atoms with E-state index in [9.17, 15) is 9.59 Å². The van der Waals surface area contributed by atoms with Crippen LogP contribution in [0.3, 0.4) is 0 Å². The Kier molecular flexibility index (Phi) is 7.63. The zero-order chi connectivity index (χ0) is 21.5. The van der Waals surface area contributed by atoms with E-state index in [1.54, 1.807) is 0 Å². The number of carbonyl (C=O) groups excluding carboxylic acids is 2. The van der Waals surface area contributed by atoms with E-state index >= 15 is 0 Å². The summed E-state index contributed by atoms with van der Waals surface area (Å²) in [6.07, 6.45) is 5.04. The molecule has 2 aromatic carbocycles. The molecule has 5 nitrogen and oxygen atoms in total. The number of amides is 2. The van der Waals surface area contributed by atoms with Crippen molar-refractivity contribution >= 4 is 23.2 Å². The van der Waals surface area contributed by atoms with E-state index in [0.29, 0.717) is 19.4 Å². The molecule has 0 atom stereocenters. The molecule has 2 N–H and O–H groups in total. The number of anilines is 2. The fraction of sp³-hybridized carbons (Fsp3) is 0.440. The lowest BCUT2D eigenvalue weighted by Gasteiger charge is -2.29. The number of fused-ring (bicyclic) bond motifs is 2. The first-order chi connectivity index (χ1) is 14.6. The van der Waals surface area contributed by atoms with Crippen LogP contribution in [0.4, 0.5) is 11.4 Å². The number of hydrogen-bond donors (Lipinski definition) is 1. The summed E-state index contributed by atoms with van der Waals surface area (Å²) in [5, 5.41) is 0. The summed E-state index contributed by atoms with van der Waals surface area (Å²) in [5.74, 6) is 0.514. The second kappa shape index (κ2) is 10.4. The van der Waals surface area contributed by atoms with Gasteiger partial charge in [-0.25, -0.2) is 0 Å². The maximum atomic E-state index is 11.8. The fourth-order valence-electron chi connectivity index (χ4n) is 4.17. The third kappa shape index (κ3) is 4.90. The van der Waals surface area contributed by atoms with E-state index in [1.807, 2.05) is 40.1 Å². The Morgan fingerprint density at radius 1 is 0.767 bits per heavy atom. The Hall–Kier alpha value is -2.66. The van der Waals surface area contributed by atoms with E-state index < -0.39 is 0 Å². The van der Waals surface area contributed by atoms with Gasteiger partial charge in [0.1, 0.15) is 0 Å². The number of para-hydroxylation sites is 1. The fourth-order valence-corrected chi connectivity index (χ4v) is 4.17. The largest absolute Gasteiger partial charge is 0.326 e. The maximum Gasteiger partial charge on any atom is 0.227 e. The summed E-state index contributed by atoms with van der Waals surface area (Å²) in [6, 6.07) is 14.4. The Morgan fingerprint density at radius 2 is 1.33 bits per heavy atom. The topological polar surface area (TPSA) is 66.6 Å². The summed E-state index contributed by atoms with van der Waals surface area (Å²) in [6.45, 7) is 6.42. The van der Waals surface area contributed by atoms with Gasteiger partial charge in [-0.3, -0.25) is 9.59 Å². The monoisotopic (exact) mass is 407 g/mol. The summed E-state index contributed by atoms with van der Waals surface area (Å²) in [5.41, 5.74) is 11.5. The average Bonchev–Trinajstić information content (AvgIpc) is 2.78. The minimum Gasteiger partial charge on any atom is -0.326 e. The number of hydrogen-bond acceptors (Lipinski definition) is 3. The second-order valence-electron chi connectivity index (χ2n) is 7.89. The number of rotatable bonds is 5. The first kappa shape index (κ1) is 22.0. The molecule has 0 aliphatic carbocycles. The summed E-state index contributed by atoms with van der Waals surface area (Å²) in [4.78, 5) is 27.3. The molecule has 2 heterocycles. The van der Waals surface area contributed by atoms with Crippen molar-refractivity contribution in [2.45, 2.75) is 58.9 Å². The standard InChI is InChI=1S/C13H18N2O.C12H15NO/c1-2-7-15-12-5-3-10(9-14)8-11(12)4-6-13(15)16;1-2-9-13-11-6-4-3-5-10(11)7-8-12(13)14/h3,5,8H,2,4,6-7,9,14H2,1H3;3-6H,2,7-9H2,1H3. The number of carbonyl (C=O) groups is 2. The molecule has 160 valence electrons. The van der Waals surface area contributed by atoms with Gasteiger partial charge in [-0.15, -0.1) is 0 Å². The Bertz CT molecular complexity index is 894. The van der Waals surface area contributed by atoms with Gasteiger partial charge in [0.2, 0.25) is 11.8 Å². The van der Waals surface area contributed by atoms with Crippen LogP contribution in [-0.4, -0.2) is 24.9 Å². The van der Waals surface area contributed by atoms with Gasteiger partial charge in [-0.2, -0.15) is 0 Å². The van der Waals surface area contributed by atoms with Gasteiger partial charge in [-0.1, -0.05) is 44.2 Å². The number of nitrogens with two attached hydrogens (primary N) is 1. The van der Waals surface area contributed by atoms with Crippen LogP contribution in [-0.2, 0) is 29.0 Å². The van der Waals surface area contributed by atoms with Gasteiger partial charge in [0, 0.05) is 43.9 Å². The summed E-state index contributed by atoms with van der Waals surface area (Å²) < 4.78 is 0. The Labute approximate surface area is 179 Å². The highest BCUT2D eigenvalue weighted by molar-refractivity contribution is 5.97. The van der Waals surface area contributed by atoms with Crippen molar-refractivity contribution in [3.8, 4) is 0 Å². The maximum absolute atomic E-state index is 11.8. The molecule has 2 aliphatic rings. The molecule has 4 rings (SSSR count). The highest BCUT2D eigenvalue weighted by atomic mass is 16.2. The van der Waals surface area contributed by atoms with Crippen molar-refractivity contribution in [3.05, 3.63) is 59.2 Å². The molecule has 0 spiro atoms. The second-order valence-corrected chi connectivity index (χ2v) is 7.89. The van der Waals surface area contributed by atoms with E-state index in [4.69, 9.17) is 5.73 Å². The van der Waals surface area contributed by atoms with Crippen molar-refractivity contribution in [1.82, 2.24) is 0 Å². The minimum absolute atomic E-state index is 0.245.